The number of nitrogens with zero attached hydrogens (tertiary/aromatic N) is 5. The number of amides is 2. The normalized spacial score (nSPS) is 16.9. The zero-order chi connectivity index (χ0) is 25.2. The largest absolute Gasteiger partial charge is 0.368 e. The second-order valence-electron chi connectivity index (χ2n) is 9.68. The minimum absolute atomic E-state index is 0.0312. The molecule has 2 aliphatic rings. The molecule has 2 aliphatic heterocycles. The second kappa shape index (κ2) is 10.3. The summed E-state index contributed by atoms with van der Waals surface area (Å²) < 4.78 is 1.92. The minimum Gasteiger partial charge on any atom is -0.368 e. The van der Waals surface area contributed by atoms with Crippen molar-refractivity contribution in [1.29, 1.82) is 0 Å². The fourth-order valence-electron chi connectivity index (χ4n) is 5.40. The second-order valence-corrected chi connectivity index (χ2v) is 10.1. The van der Waals surface area contributed by atoms with Crippen LogP contribution in [-0.2, 0) is 4.79 Å². The lowest BCUT2D eigenvalue weighted by atomic mass is 9.90. The zero-order valence-electron chi connectivity index (χ0n) is 20.9. The van der Waals surface area contributed by atoms with Gasteiger partial charge in [0, 0.05) is 62.8 Å². The third-order valence-electron chi connectivity index (χ3n) is 7.44. The first kappa shape index (κ1) is 24.4. The van der Waals surface area contributed by atoms with E-state index in [4.69, 9.17) is 11.6 Å². The summed E-state index contributed by atoms with van der Waals surface area (Å²) in [4.78, 5) is 31.8. The summed E-state index contributed by atoms with van der Waals surface area (Å²) in [5, 5.41) is 5.40. The van der Waals surface area contributed by atoms with Crippen LogP contribution in [0, 0.1) is 6.92 Å². The summed E-state index contributed by atoms with van der Waals surface area (Å²) in [5.74, 6) is 0.301. The lowest BCUT2D eigenvalue weighted by Gasteiger charge is -2.37. The van der Waals surface area contributed by atoms with Crippen LogP contribution in [0.4, 0.5) is 5.69 Å². The van der Waals surface area contributed by atoms with Crippen LogP contribution in [0.1, 0.15) is 47.3 Å². The molecular formula is C28H32ClN5O2. The summed E-state index contributed by atoms with van der Waals surface area (Å²) in [6.07, 6.45) is 3.37. The topological polar surface area (TPSA) is 61.7 Å². The summed E-state index contributed by atoms with van der Waals surface area (Å²) >= 11 is 6.24. The van der Waals surface area contributed by atoms with Crippen LogP contribution in [0.3, 0.4) is 0 Å². The Kier molecular flexibility index (Phi) is 7.01. The number of benzene rings is 2. The first-order valence-corrected chi connectivity index (χ1v) is 13.0. The number of aryl methyl sites for hydroxylation is 1. The highest BCUT2D eigenvalue weighted by Crippen LogP contribution is 2.33. The van der Waals surface area contributed by atoms with Gasteiger partial charge in [-0.25, -0.2) is 4.68 Å². The molecule has 36 heavy (non-hydrogen) atoms. The molecule has 8 heteroatoms. The summed E-state index contributed by atoms with van der Waals surface area (Å²) in [7, 11) is 0. The van der Waals surface area contributed by atoms with E-state index >= 15 is 0 Å². The fraction of sp³-hybridized carbons (Fsp3) is 0.393. The van der Waals surface area contributed by atoms with E-state index in [0.29, 0.717) is 31.7 Å². The number of anilines is 1. The van der Waals surface area contributed by atoms with Gasteiger partial charge in [-0.15, -0.1) is 0 Å². The summed E-state index contributed by atoms with van der Waals surface area (Å²) in [5.41, 5.74) is 4.89. The van der Waals surface area contributed by atoms with Crippen LogP contribution in [0.15, 0.2) is 54.7 Å². The maximum Gasteiger partial charge on any atom is 0.257 e. The molecule has 0 bridgehead atoms. The van der Waals surface area contributed by atoms with E-state index in [9.17, 15) is 9.59 Å². The number of rotatable bonds is 4. The van der Waals surface area contributed by atoms with Crippen LogP contribution in [0.2, 0.25) is 5.02 Å². The Morgan fingerprint density at radius 2 is 1.61 bits per heavy atom. The lowest BCUT2D eigenvalue weighted by molar-refractivity contribution is -0.129. The number of carbonyl (C=O) groups excluding carboxylic acids is 2. The summed E-state index contributed by atoms with van der Waals surface area (Å²) in [6, 6.07) is 15.9. The Bertz CT molecular complexity index is 1240. The highest BCUT2D eigenvalue weighted by atomic mass is 35.5. The maximum atomic E-state index is 13.8. The number of halogens is 1. The Labute approximate surface area is 217 Å². The van der Waals surface area contributed by atoms with Crippen molar-refractivity contribution in [2.45, 2.75) is 32.6 Å². The molecule has 3 heterocycles. The molecule has 7 nitrogen and oxygen atoms in total. The molecule has 2 saturated heterocycles. The quantitative estimate of drug-likeness (QED) is 0.523. The average molecular weight is 506 g/mol. The van der Waals surface area contributed by atoms with Gasteiger partial charge in [0.2, 0.25) is 5.91 Å². The molecule has 0 unspecified atom stereocenters. The van der Waals surface area contributed by atoms with Crippen LogP contribution in [0.25, 0.3) is 5.69 Å². The van der Waals surface area contributed by atoms with Gasteiger partial charge in [0.1, 0.15) is 0 Å². The number of hydrogen-bond donors (Lipinski definition) is 0. The number of hydrogen-bond acceptors (Lipinski definition) is 4. The van der Waals surface area contributed by atoms with Crippen molar-refractivity contribution in [3.05, 3.63) is 76.6 Å². The van der Waals surface area contributed by atoms with Crippen LogP contribution in [-0.4, -0.2) is 70.7 Å². The molecule has 0 saturated carbocycles. The molecule has 2 fully saturated rings. The van der Waals surface area contributed by atoms with E-state index < -0.39 is 0 Å². The van der Waals surface area contributed by atoms with Gasteiger partial charge >= 0.3 is 0 Å². The Hall–Kier alpha value is -3.32. The van der Waals surface area contributed by atoms with E-state index in [-0.39, 0.29) is 17.7 Å². The predicted molar refractivity (Wildman–Crippen MR) is 142 cm³/mol. The molecule has 1 aromatic heterocycles. The molecule has 0 aliphatic carbocycles. The van der Waals surface area contributed by atoms with Crippen molar-refractivity contribution in [2.24, 2.45) is 0 Å². The van der Waals surface area contributed by atoms with Crippen molar-refractivity contribution in [1.82, 2.24) is 19.6 Å². The van der Waals surface area contributed by atoms with E-state index in [2.05, 4.69) is 16.9 Å². The smallest absolute Gasteiger partial charge is 0.257 e. The Morgan fingerprint density at radius 1 is 0.917 bits per heavy atom. The third-order valence-corrected chi connectivity index (χ3v) is 7.68. The summed E-state index contributed by atoms with van der Waals surface area (Å²) in [6.45, 7) is 7.90. The van der Waals surface area contributed by atoms with Gasteiger partial charge in [-0.1, -0.05) is 35.9 Å². The zero-order valence-corrected chi connectivity index (χ0v) is 21.6. The van der Waals surface area contributed by atoms with Gasteiger partial charge in [-0.05, 0) is 49.6 Å². The van der Waals surface area contributed by atoms with Crippen molar-refractivity contribution >= 4 is 29.1 Å². The van der Waals surface area contributed by atoms with Gasteiger partial charge in [0.15, 0.2) is 0 Å². The van der Waals surface area contributed by atoms with Crippen LogP contribution < -0.4 is 4.90 Å². The average Bonchev–Trinajstić information content (AvgIpc) is 3.35. The van der Waals surface area contributed by atoms with Crippen LogP contribution in [0.5, 0.6) is 0 Å². The molecule has 5 rings (SSSR count). The minimum atomic E-state index is 0.0312. The molecule has 0 radical (unpaired) electrons. The Balaban J connectivity index is 1.38. The standard InChI is InChI=1S/C28H32ClN5O2/c1-20-8-9-23(29)18-26(20)32-14-16-33(17-15-32)28(36)25-19-30-34(24-6-4-3-5-7-24)27(25)22-10-12-31(13-11-22)21(2)35/h3-9,18-19,22H,10-17H2,1-2H3. The van der Waals surface area contributed by atoms with Crippen molar-refractivity contribution < 1.29 is 9.59 Å². The molecule has 2 aromatic carbocycles. The van der Waals surface area contributed by atoms with Gasteiger partial charge in [0.25, 0.3) is 5.91 Å². The molecule has 3 aromatic rings. The number of carbonyl (C=O) groups is 2. The number of likely N-dealkylation sites (tertiary alicyclic amines) is 1. The monoisotopic (exact) mass is 505 g/mol. The highest BCUT2D eigenvalue weighted by Gasteiger charge is 2.32. The van der Waals surface area contributed by atoms with Gasteiger partial charge < -0.3 is 14.7 Å². The predicted octanol–water partition coefficient (Wildman–Crippen LogP) is 4.52. The molecule has 188 valence electrons. The number of piperidine rings is 1. The van der Waals surface area contributed by atoms with E-state index in [1.807, 2.05) is 63.0 Å². The molecular weight excluding hydrogens is 474 g/mol. The third kappa shape index (κ3) is 4.85. The molecule has 0 N–H and O–H groups in total. The molecule has 0 atom stereocenters. The Morgan fingerprint density at radius 3 is 2.28 bits per heavy atom. The molecule has 0 spiro atoms. The SMILES string of the molecule is CC(=O)N1CCC(c2c(C(=O)N3CCN(c4cc(Cl)ccc4C)CC3)cnn2-c2ccccc2)CC1. The first-order valence-electron chi connectivity index (χ1n) is 12.6. The number of piperazine rings is 1. The first-order chi connectivity index (χ1) is 17.4. The maximum absolute atomic E-state index is 13.8. The highest BCUT2D eigenvalue weighted by molar-refractivity contribution is 6.30. The van der Waals surface area contributed by atoms with Gasteiger partial charge in [-0.3, -0.25) is 9.59 Å². The number of para-hydroxylation sites is 1. The van der Waals surface area contributed by atoms with Gasteiger partial charge in [0.05, 0.1) is 23.1 Å². The van der Waals surface area contributed by atoms with Crippen LogP contribution >= 0.6 is 11.6 Å². The number of aromatic nitrogens is 2. The van der Waals surface area contributed by atoms with Gasteiger partial charge in [-0.2, -0.15) is 5.10 Å². The lowest BCUT2D eigenvalue weighted by Crippen LogP contribution is -2.49. The fourth-order valence-corrected chi connectivity index (χ4v) is 5.57. The van der Waals surface area contributed by atoms with E-state index in [1.165, 1.54) is 5.56 Å². The molecule has 2 amide bonds. The van der Waals surface area contributed by atoms with Crippen molar-refractivity contribution in [3.8, 4) is 5.69 Å². The van der Waals surface area contributed by atoms with Crippen molar-refractivity contribution in [2.75, 3.05) is 44.2 Å². The van der Waals surface area contributed by atoms with Crippen molar-refractivity contribution in [3.63, 3.8) is 0 Å². The van der Waals surface area contributed by atoms with E-state index in [0.717, 1.165) is 48.0 Å². The van der Waals surface area contributed by atoms with E-state index in [1.54, 1.807) is 13.1 Å².